The van der Waals surface area contributed by atoms with Crippen LogP contribution in [0.4, 0.5) is 0 Å². The van der Waals surface area contributed by atoms with Gasteiger partial charge in [0.1, 0.15) is 5.69 Å². The molecule has 0 aliphatic rings. The summed E-state index contributed by atoms with van der Waals surface area (Å²) in [6.45, 7) is 7.05. The molecule has 0 saturated carbocycles. The second-order valence-electron chi connectivity index (χ2n) is 7.20. The van der Waals surface area contributed by atoms with Gasteiger partial charge in [0.2, 0.25) is 0 Å². The fourth-order valence-electron chi connectivity index (χ4n) is 3.07. The molecule has 0 bridgehead atoms. The Hall–Kier alpha value is -4.08. The molecule has 166 valence electrons. The third-order valence-electron chi connectivity index (χ3n) is 4.64. The molecule has 0 unspecified atom stereocenters. The summed E-state index contributed by atoms with van der Waals surface area (Å²) in [6, 6.07) is 9.15. The van der Waals surface area contributed by atoms with E-state index in [0.29, 0.717) is 16.5 Å². The molecule has 2 amide bonds. The van der Waals surface area contributed by atoms with Crippen LogP contribution in [-0.4, -0.2) is 39.2 Å². The van der Waals surface area contributed by atoms with E-state index in [1.165, 1.54) is 16.8 Å². The van der Waals surface area contributed by atoms with Gasteiger partial charge in [-0.1, -0.05) is 18.2 Å². The fraction of sp³-hybridized carbons (Fsp3) is 0.273. The number of ether oxygens (including phenoxy) is 1. The summed E-state index contributed by atoms with van der Waals surface area (Å²) in [5, 5.41) is 4.90. The highest BCUT2D eigenvalue weighted by Gasteiger charge is 2.19. The highest BCUT2D eigenvalue weighted by atomic mass is 16.5. The molecule has 1 aromatic carbocycles. The van der Waals surface area contributed by atoms with Gasteiger partial charge < -0.3 is 4.74 Å². The molecule has 10 heteroatoms. The van der Waals surface area contributed by atoms with Crippen molar-refractivity contribution in [3.63, 3.8) is 0 Å². The predicted octanol–water partition coefficient (Wildman–Crippen LogP) is 1.93. The molecule has 0 aliphatic carbocycles. The number of amides is 2. The average molecular weight is 437 g/mol. The first-order chi connectivity index (χ1) is 15.2. The van der Waals surface area contributed by atoms with Crippen LogP contribution in [0.25, 0.3) is 10.8 Å². The molecular weight excluding hydrogens is 414 g/mol. The van der Waals surface area contributed by atoms with Crippen LogP contribution in [0.15, 0.2) is 41.2 Å². The maximum absolute atomic E-state index is 12.8. The number of hydrogen-bond acceptors (Lipinski definition) is 7. The number of carbonyl (C=O) groups is 3. The van der Waals surface area contributed by atoms with E-state index in [2.05, 4.69) is 20.9 Å². The van der Waals surface area contributed by atoms with Crippen LogP contribution in [0.3, 0.4) is 0 Å². The van der Waals surface area contributed by atoms with Crippen molar-refractivity contribution in [1.82, 2.24) is 25.6 Å². The number of rotatable bonds is 5. The zero-order valence-electron chi connectivity index (χ0n) is 18.1. The minimum Gasteiger partial charge on any atom is -0.462 e. The summed E-state index contributed by atoms with van der Waals surface area (Å²) in [6.07, 6.45) is 0. The molecule has 0 saturated heterocycles. The van der Waals surface area contributed by atoms with E-state index >= 15 is 0 Å². The molecule has 0 fully saturated rings. The van der Waals surface area contributed by atoms with Gasteiger partial charge in [0, 0.05) is 5.39 Å². The number of aromatic nitrogens is 3. The fourth-order valence-corrected chi connectivity index (χ4v) is 3.07. The summed E-state index contributed by atoms with van der Waals surface area (Å²) in [5.41, 5.74) is 4.84. The Bertz CT molecular complexity index is 1270. The first-order valence-electron chi connectivity index (χ1n) is 10.0. The van der Waals surface area contributed by atoms with Crippen LogP contribution in [-0.2, 0) is 4.74 Å². The number of nitrogens with zero attached hydrogens (tertiary/aromatic N) is 3. The van der Waals surface area contributed by atoms with Crippen LogP contribution in [0.1, 0.15) is 63.8 Å². The van der Waals surface area contributed by atoms with E-state index in [9.17, 15) is 19.2 Å². The van der Waals surface area contributed by atoms with Crippen molar-refractivity contribution in [3.05, 3.63) is 69.4 Å². The topological polar surface area (TPSA) is 132 Å². The maximum Gasteiger partial charge on any atom is 0.339 e. The van der Waals surface area contributed by atoms with E-state index in [1.54, 1.807) is 52.0 Å². The van der Waals surface area contributed by atoms with E-state index in [1.807, 2.05) is 0 Å². The Kier molecular flexibility index (Phi) is 6.62. The molecule has 0 aliphatic heterocycles. The van der Waals surface area contributed by atoms with Gasteiger partial charge in [0.15, 0.2) is 5.69 Å². The van der Waals surface area contributed by atoms with Gasteiger partial charge in [-0.05, 0) is 45.9 Å². The lowest BCUT2D eigenvalue weighted by atomic mass is 10.1. The molecule has 2 N–H and O–H groups in total. The molecule has 3 aromatic rings. The lowest BCUT2D eigenvalue weighted by molar-refractivity contribution is 0.0524. The van der Waals surface area contributed by atoms with Gasteiger partial charge in [-0.15, -0.1) is 0 Å². The Morgan fingerprint density at radius 2 is 1.69 bits per heavy atom. The van der Waals surface area contributed by atoms with Crippen LogP contribution < -0.4 is 16.4 Å². The highest BCUT2D eigenvalue weighted by Crippen LogP contribution is 2.15. The van der Waals surface area contributed by atoms with Crippen LogP contribution in [0.5, 0.6) is 0 Å². The zero-order valence-corrected chi connectivity index (χ0v) is 18.1. The lowest BCUT2D eigenvalue weighted by Gasteiger charge is -2.14. The van der Waals surface area contributed by atoms with Gasteiger partial charge in [0.05, 0.1) is 29.3 Å². The van der Waals surface area contributed by atoms with Crippen LogP contribution in [0, 0.1) is 6.92 Å². The number of esters is 1. The summed E-state index contributed by atoms with van der Waals surface area (Å²) < 4.78 is 6.16. The monoisotopic (exact) mass is 437 g/mol. The third kappa shape index (κ3) is 4.48. The smallest absolute Gasteiger partial charge is 0.339 e. The number of nitrogens with one attached hydrogen (secondary N) is 2. The molecule has 0 atom stereocenters. The van der Waals surface area contributed by atoms with Gasteiger partial charge >= 0.3 is 5.97 Å². The van der Waals surface area contributed by atoms with Gasteiger partial charge in [-0.3, -0.25) is 25.2 Å². The molecule has 32 heavy (non-hydrogen) atoms. The summed E-state index contributed by atoms with van der Waals surface area (Å²) in [7, 11) is 0. The quantitative estimate of drug-likeness (QED) is 0.460. The van der Waals surface area contributed by atoms with Crippen molar-refractivity contribution >= 4 is 28.6 Å². The van der Waals surface area contributed by atoms with Crippen molar-refractivity contribution < 1.29 is 19.1 Å². The summed E-state index contributed by atoms with van der Waals surface area (Å²) in [4.78, 5) is 53.8. The normalized spacial score (nSPS) is 10.8. The first kappa shape index (κ1) is 22.6. The molecule has 2 heterocycles. The maximum atomic E-state index is 12.8. The number of benzene rings is 1. The van der Waals surface area contributed by atoms with Crippen molar-refractivity contribution in [3.8, 4) is 0 Å². The van der Waals surface area contributed by atoms with Crippen LogP contribution in [0.2, 0.25) is 0 Å². The van der Waals surface area contributed by atoms with E-state index in [-0.39, 0.29) is 35.2 Å². The summed E-state index contributed by atoms with van der Waals surface area (Å²) in [5.74, 6) is -1.90. The number of hydrogen-bond donors (Lipinski definition) is 2. The van der Waals surface area contributed by atoms with Crippen molar-refractivity contribution in [2.45, 2.75) is 33.7 Å². The average Bonchev–Trinajstić information content (AvgIpc) is 2.77. The number of pyridine rings is 1. The van der Waals surface area contributed by atoms with Crippen molar-refractivity contribution in [2.24, 2.45) is 0 Å². The Morgan fingerprint density at radius 3 is 2.31 bits per heavy atom. The second-order valence-corrected chi connectivity index (χ2v) is 7.20. The zero-order chi connectivity index (χ0) is 23.4. The van der Waals surface area contributed by atoms with Gasteiger partial charge in [0.25, 0.3) is 17.4 Å². The van der Waals surface area contributed by atoms with Crippen molar-refractivity contribution in [2.75, 3.05) is 6.61 Å². The van der Waals surface area contributed by atoms with Gasteiger partial charge in [-0.25, -0.2) is 14.5 Å². The van der Waals surface area contributed by atoms with E-state index in [0.717, 1.165) is 0 Å². The molecule has 2 aromatic heterocycles. The number of carbonyl (C=O) groups excluding carboxylic acids is 3. The highest BCUT2D eigenvalue weighted by molar-refractivity contribution is 6.06. The molecular formula is C22H23N5O5. The van der Waals surface area contributed by atoms with Crippen LogP contribution >= 0.6 is 0 Å². The number of fused-ring (bicyclic) bond motifs is 1. The molecule has 0 spiro atoms. The lowest BCUT2D eigenvalue weighted by Crippen LogP contribution is -2.43. The Morgan fingerprint density at radius 1 is 1.03 bits per heavy atom. The largest absolute Gasteiger partial charge is 0.462 e. The Labute approximate surface area is 183 Å². The summed E-state index contributed by atoms with van der Waals surface area (Å²) >= 11 is 0. The molecule has 10 nitrogen and oxygen atoms in total. The SMILES string of the molecule is CCOC(=O)c1ccc(C(=O)NNC(=O)c2nn(C(C)C)c(=O)c3ccccc23)nc1C. The van der Waals surface area contributed by atoms with Crippen molar-refractivity contribution in [1.29, 1.82) is 0 Å². The number of aryl methyl sites for hydroxylation is 1. The Balaban J connectivity index is 1.82. The third-order valence-corrected chi connectivity index (χ3v) is 4.64. The first-order valence-corrected chi connectivity index (χ1v) is 10.0. The second kappa shape index (κ2) is 9.38. The standard InChI is InChI=1S/C22H23N5O5/c1-5-32-22(31)14-10-11-17(23-13(14)4)19(28)24-25-20(29)18-15-8-6-7-9-16(15)21(30)27(26-18)12(2)3/h6-12H,5H2,1-4H3,(H,24,28)(H,25,29). The minimum atomic E-state index is -0.691. The number of hydrazine groups is 1. The van der Waals surface area contributed by atoms with E-state index < -0.39 is 17.8 Å². The van der Waals surface area contributed by atoms with Gasteiger partial charge in [-0.2, -0.15) is 5.10 Å². The van der Waals surface area contributed by atoms with E-state index in [4.69, 9.17) is 4.74 Å². The minimum absolute atomic E-state index is 0.000756. The predicted molar refractivity (Wildman–Crippen MR) is 116 cm³/mol. The molecule has 3 rings (SSSR count). The molecule has 0 radical (unpaired) electrons.